The average Bonchev–Trinajstić information content (AvgIpc) is 2.58. The van der Waals surface area contributed by atoms with Crippen LogP contribution >= 0.6 is 24.0 Å². The number of nitrogens with zero attached hydrogens (tertiary/aromatic N) is 2. The summed E-state index contributed by atoms with van der Waals surface area (Å²) in [4.78, 5) is 18.2. The molecule has 7 nitrogen and oxygen atoms in total. The van der Waals surface area contributed by atoms with E-state index < -0.39 is 0 Å². The molecule has 8 heteroatoms. The summed E-state index contributed by atoms with van der Waals surface area (Å²) in [5.74, 6) is 2.04. The molecule has 0 aliphatic heterocycles. The summed E-state index contributed by atoms with van der Waals surface area (Å²) in [6.45, 7) is 6.79. The average molecular weight is 492 g/mol. The van der Waals surface area contributed by atoms with Crippen LogP contribution < -0.4 is 20.1 Å². The maximum Gasteiger partial charge on any atom is 0.239 e. The number of aliphatic imine (C=N–C) groups is 1. The fraction of sp³-hybridized carbons (Fsp3) is 0.579. The predicted molar refractivity (Wildman–Crippen MR) is 121 cm³/mol. The summed E-state index contributed by atoms with van der Waals surface area (Å²) in [5, 5.41) is 6.01. The van der Waals surface area contributed by atoms with Gasteiger partial charge in [-0.2, -0.15) is 0 Å². The fourth-order valence-corrected chi connectivity index (χ4v) is 2.45. The van der Waals surface area contributed by atoms with Crippen molar-refractivity contribution >= 4 is 35.8 Å². The molecule has 0 saturated heterocycles. The molecule has 0 aliphatic carbocycles. The second-order valence-corrected chi connectivity index (χ2v) is 7.06. The Bertz CT molecular complexity index is 630. The second kappa shape index (κ2) is 11.9. The SMILES string of the molecule is CN=C(NCC(=O)NC(C)(C)C)N(C)CCc1ccc(OC)c(OC)c1.I. The molecule has 0 fully saturated rings. The lowest BCUT2D eigenvalue weighted by atomic mass is 10.1. The maximum atomic E-state index is 11.9. The van der Waals surface area contributed by atoms with Crippen LogP contribution in [0.1, 0.15) is 26.3 Å². The first-order chi connectivity index (χ1) is 12.2. The van der Waals surface area contributed by atoms with Crippen LogP contribution in [0, 0.1) is 0 Å². The van der Waals surface area contributed by atoms with Gasteiger partial charge < -0.3 is 25.0 Å². The minimum atomic E-state index is -0.248. The third-order valence-corrected chi connectivity index (χ3v) is 3.68. The van der Waals surface area contributed by atoms with Crippen molar-refractivity contribution in [3.8, 4) is 11.5 Å². The van der Waals surface area contributed by atoms with E-state index in [0.29, 0.717) is 17.5 Å². The van der Waals surface area contributed by atoms with Gasteiger partial charge in [-0.15, -0.1) is 24.0 Å². The number of ether oxygens (including phenoxy) is 2. The number of benzene rings is 1. The normalized spacial score (nSPS) is 11.3. The number of halogens is 1. The van der Waals surface area contributed by atoms with Crippen molar-refractivity contribution < 1.29 is 14.3 Å². The first-order valence-corrected chi connectivity index (χ1v) is 8.64. The molecule has 0 bridgehead atoms. The number of hydrogen-bond acceptors (Lipinski definition) is 4. The molecular formula is C19H33IN4O3. The lowest BCUT2D eigenvalue weighted by molar-refractivity contribution is -0.121. The summed E-state index contributed by atoms with van der Waals surface area (Å²) < 4.78 is 10.6. The van der Waals surface area contributed by atoms with E-state index in [-0.39, 0.29) is 42.0 Å². The first kappa shape index (κ1) is 25.3. The van der Waals surface area contributed by atoms with E-state index in [2.05, 4.69) is 15.6 Å². The number of carbonyl (C=O) groups is 1. The standard InChI is InChI=1S/C19H32N4O3.HI/c1-19(2,3)22-17(24)13-21-18(20-4)23(5)11-10-14-8-9-15(25-6)16(12-14)26-7;/h8-9,12H,10-11,13H2,1-7H3,(H,20,21)(H,22,24);1H. The van der Waals surface area contributed by atoms with Crippen LogP contribution in [0.25, 0.3) is 0 Å². The molecule has 0 heterocycles. The third-order valence-electron chi connectivity index (χ3n) is 3.68. The highest BCUT2D eigenvalue weighted by molar-refractivity contribution is 14.0. The first-order valence-electron chi connectivity index (χ1n) is 8.64. The van der Waals surface area contributed by atoms with E-state index in [1.165, 1.54) is 0 Å². The van der Waals surface area contributed by atoms with Gasteiger partial charge in [0.05, 0.1) is 20.8 Å². The van der Waals surface area contributed by atoms with E-state index in [9.17, 15) is 4.79 Å². The Morgan fingerprint density at radius 1 is 1.19 bits per heavy atom. The predicted octanol–water partition coefficient (Wildman–Crippen LogP) is 2.29. The molecule has 0 unspecified atom stereocenters. The quantitative estimate of drug-likeness (QED) is 0.347. The number of amides is 1. The van der Waals surface area contributed by atoms with Gasteiger partial charge >= 0.3 is 0 Å². The van der Waals surface area contributed by atoms with Gasteiger partial charge in [-0.25, -0.2) is 0 Å². The molecule has 2 N–H and O–H groups in total. The van der Waals surface area contributed by atoms with Gasteiger partial charge in [0.2, 0.25) is 5.91 Å². The molecule has 154 valence electrons. The Labute approximate surface area is 179 Å². The van der Waals surface area contributed by atoms with Crippen molar-refractivity contribution in [3.63, 3.8) is 0 Å². The van der Waals surface area contributed by atoms with E-state index in [1.807, 2.05) is 50.9 Å². The van der Waals surface area contributed by atoms with Gasteiger partial charge in [0.15, 0.2) is 17.5 Å². The zero-order valence-corrected chi connectivity index (χ0v) is 19.7. The maximum absolute atomic E-state index is 11.9. The largest absolute Gasteiger partial charge is 0.493 e. The van der Waals surface area contributed by atoms with Crippen molar-refractivity contribution in [2.45, 2.75) is 32.7 Å². The number of carbonyl (C=O) groups excluding carboxylic acids is 1. The van der Waals surface area contributed by atoms with Crippen molar-refractivity contribution in [1.82, 2.24) is 15.5 Å². The number of hydrogen-bond donors (Lipinski definition) is 2. The lowest BCUT2D eigenvalue weighted by Crippen LogP contribution is -2.48. The molecule has 1 amide bonds. The van der Waals surface area contributed by atoms with Crippen LogP contribution in [0.3, 0.4) is 0 Å². The van der Waals surface area contributed by atoms with E-state index in [1.54, 1.807) is 21.3 Å². The number of methoxy groups -OCH3 is 2. The zero-order valence-electron chi connectivity index (χ0n) is 17.4. The van der Waals surface area contributed by atoms with Gasteiger partial charge in [-0.1, -0.05) is 6.07 Å². The molecule has 27 heavy (non-hydrogen) atoms. The van der Waals surface area contributed by atoms with Crippen molar-refractivity contribution in [2.75, 3.05) is 41.4 Å². The zero-order chi connectivity index (χ0) is 19.7. The van der Waals surface area contributed by atoms with Crippen LogP contribution in [-0.2, 0) is 11.2 Å². The molecule has 0 aliphatic rings. The minimum Gasteiger partial charge on any atom is -0.493 e. The van der Waals surface area contributed by atoms with Crippen LogP contribution in [0.15, 0.2) is 23.2 Å². The molecule has 0 radical (unpaired) electrons. The highest BCUT2D eigenvalue weighted by atomic mass is 127. The Kier molecular flexibility index (Phi) is 11.1. The molecule has 0 aromatic heterocycles. The Morgan fingerprint density at radius 3 is 2.33 bits per heavy atom. The highest BCUT2D eigenvalue weighted by Gasteiger charge is 2.15. The molecule has 1 aromatic rings. The Hall–Kier alpha value is -1.71. The topological polar surface area (TPSA) is 75.2 Å². The van der Waals surface area contributed by atoms with Gasteiger partial charge in [0, 0.05) is 26.2 Å². The van der Waals surface area contributed by atoms with Crippen molar-refractivity contribution in [2.24, 2.45) is 4.99 Å². The summed E-state index contributed by atoms with van der Waals surface area (Å²) in [6.07, 6.45) is 0.811. The van der Waals surface area contributed by atoms with Gasteiger partial charge in [0.1, 0.15) is 0 Å². The van der Waals surface area contributed by atoms with Crippen molar-refractivity contribution in [1.29, 1.82) is 0 Å². The van der Waals surface area contributed by atoms with E-state index in [0.717, 1.165) is 18.5 Å². The summed E-state index contributed by atoms with van der Waals surface area (Å²) in [7, 11) is 6.90. The smallest absolute Gasteiger partial charge is 0.239 e. The summed E-state index contributed by atoms with van der Waals surface area (Å²) >= 11 is 0. The summed E-state index contributed by atoms with van der Waals surface area (Å²) in [6, 6.07) is 5.89. The van der Waals surface area contributed by atoms with Crippen LogP contribution in [0.2, 0.25) is 0 Å². The monoisotopic (exact) mass is 492 g/mol. The van der Waals surface area contributed by atoms with Crippen molar-refractivity contribution in [3.05, 3.63) is 23.8 Å². The van der Waals surface area contributed by atoms with Crippen LogP contribution in [0.4, 0.5) is 0 Å². The van der Waals surface area contributed by atoms with Gasteiger partial charge in [-0.05, 0) is 44.9 Å². The second-order valence-electron chi connectivity index (χ2n) is 7.06. The summed E-state index contributed by atoms with van der Waals surface area (Å²) in [5.41, 5.74) is 0.886. The number of guanidine groups is 1. The molecule has 1 aromatic carbocycles. The lowest BCUT2D eigenvalue weighted by Gasteiger charge is -2.24. The molecule has 1 rings (SSSR count). The number of rotatable bonds is 7. The van der Waals surface area contributed by atoms with E-state index >= 15 is 0 Å². The van der Waals surface area contributed by atoms with Crippen LogP contribution in [-0.4, -0.2) is 63.7 Å². The van der Waals surface area contributed by atoms with Gasteiger partial charge in [-0.3, -0.25) is 9.79 Å². The third kappa shape index (κ3) is 9.16. The van der Waals surface area contributed by atoms with Gasteiger partial charge in [0.25, 0.3) is 0 Å². The Balaban J connectivity index is 0.00000676. The minimum absolute atomic E-state index is 0. The molecule has 0 saturated carbocycles. The Morgan fingerprint density at radius 2 is 1.81 bits per heavy atom. The van der Waals surface area contributed by atoms with E-state index in [4.69, 9.17) is 9.47 Å². The fourth-order valence-electron chi connectivity index (χ4n) is 2.45. The molecule has 0 spiro atoms. The molecule has 0 atom stereocenters. The number of likely N-dealkylation sites (N-methyl/N-ethyl adjacent to an activating group) is 1. The van der Waals surface area contributed by atoms with Crippen LogP contribution in [0.5, 0.6) is 11.5 Å². The number of nitrogens with one attached hydrogen (secondary N) is 2. The highest BCUT2D eigenvalue weighted by Crippen LogP contribution is 2.27. The molecular weight excluding hydrogens is 459 g/mol.